The molecule has 8 nitrogen and oxygen atoms in total. The van der Waals surface area contributed by atoms with Crippen LogP contribution in [0.2, 0.25) is 0 Å². The molecule has 0 saturated carbocycles. The number of carboxylic acids is 1. The van der Waals surface area contributed by atoms with Crippen molar-refractivity contribution in [3.8, 4) is 0 Å². The van der Waals surface area contributed by atoms with E-state index in [1.807, 2.05) is 0 Å². The van der Waals surface area contributed by atoms with Gasteiger partial charge in [-0.3, -0.25) is 4.79 Å². The zero-order chi connectivity index (χ0) is 18.0. The Hall–Kier alpha value is -1.49. The van der Waals surface area contributed by atoms with Crippen molar-refractivity contribution in [1.29, 1.82) is 0 Å². The van der Waals surface area contributed by atoms with Crippen LogP contribution >= 0.6 is 0 Å². The maximum atomic E-state index is 12.6. The largest absolute Gasteiger partial charge is 0.480 e. The molecule has 1 rings (SSSR count). The van der Waals surface area contributed by atoms with E-state index in [1.54, 1.807) is 13.8 Å². The quantitative estimate of drug-likeness (QED) is 0.750. The molecule has 0 amide bonds. The van der Waals surface area contributed by atoms with E-state index in [9.17, 15) is 21.6 Å². The van der Waals surface area contributed by atoms with Crippen LogP contribution in [-0.2, 0) is 24.8 Å². The first-order valence-electron chi connectivity index (χ1n) is 6.67. The number of sulfonamides is 2. The van der Waals surface area contributed by atoms with Crippen LogP contribution < -0.4 is 0 Å². The average Bonchev–Trinajstić information content (AvgIpc) is 2.44. The minimum Gasteiger partial charge on any atom is -0.480 e. The molecule has 0 bridgehead atoms. The summed E-state index contributed by atoms with van der Waals surface area (Å²) in [5.41, 5.74) is 0. The van der Waals surface area contributed by atoms with Gasteiger partial charge in [0.05, 0.1) is 9.79 Å². The third-order valence-corrected chi connectivity index (χ3v) is 6.89. The van der Waals surface area contributed by atoms with Crippen LogP contribution in [-0.4, -0.2) is 63.2 Å². The van der Waals surface area contributed by atoms with Gasteiger partial charge in [0.2, 0.25) is 20.0 Å². The minimum absolute atomic E-state index is 0.178. The second-order valence-electron chi connectivity index (χ2n) is 5.30. The SMILES string of the molecule is CC(C)N(CC(=O)O)S(=O)(=O)c1cccc(S(=O)(=O)N(C)C)c1. The number of benzene rings is 1. The Kier molecular flexibility index (Phi) is 5.91. The van der Waals surface area contributed by atoms with Crippen LogP contribution in [0.15, 0.2) is 34.1 Å². The Labute approximate surface area is 136 Å². The molecule has 130 valence electrons. The molecule has 1 aromatic rings. The molecule has 0 spiro atoms. The van der Waals surface area contributed by atoms with Gasteiger partial charge in [-0.05, 0) is 32.0 Å². The van der Waals surface area contributed by atoms with E-state index >= 15 is 0 Å². The second-order valence-corrected chi connectivity index (χ2v) is 9.34. The number of nitrogens with zero attached hydrogens (tertiary/aromatic N) is 2. The third-order valence-electron chi connectivity index (χ3n) is 3.06. The van der Waals surface area contributed by atoms with Crippen molar-refractivity contribution in [1.82, 2.24) is 8.61 Å². The molecule has 10 heteroatoms. The highest BCUT2D eigenvalue weighted by atomic mass is 32.2. The number of hydrogen-bond donors (Lipinski definition) is 1. The smallest absolute Gasteiger partial charge is 0.318 e. The highest BCUT2D eigenvalue weighted by Crippen LogP contribution is 2.22. The molecule has 0 saturated heterocycles. The molecule has 0 fully saturated rings. The van der Waals surface area contributed by atoms with Gasteiger partial charge in [-0.2, -0.15) is 4.31 Å². The summed E-state index contributed by atoms with van der Waals surface area (Å²) >= 11 is 0. The fraction of sp³-hybridized carbons (Fsp3) is 0.462. The average molecular weight is 364 g/mol. The molecule has 0 atom stereocenters. The summed E-state index contributed by atoms with van der Waals surface area (Å²) in [6, 6.07) is 4.27. The van der Waals surface area contributed by atoms with Crippen LogP contribution in [0.1, 0.15) is 13.8 Å². The molecule has 0 heterocycles. The monoisotopic (exact) mass is 364 g/mol. The van der Waals surface area contributed by atoms with Gasteiger partial charge in [0, 0.05) is 20.1 Å². The predicted octanol–water partition coefficient (Wildman–Crippen LogP) is 0.421. The fourth-order valence-electron chi connectivity index (χ4n) is 1.82. The summed E-state index contributed by atoms with van der Waals surface area (Å²) in [6.45, 7) is 2.38. The van der Waals surface area contributed by atoms with Crippen LogP contribution in [0, 0.1) is 0 Å². The van der Waals surface area contributed by atoms with Crippen molar-refractivity contribution in [2.24, 2.45) is 0 Å². The molecule has 0 radical (unpaired) electrons. The number of carboxylic acid groups (broad SMARTS) is 1. The van der Waals surface area contributed by atoms with Crippen LogP contribution in [0.5, 0.6) is 0 Å². The van der Waals surface area contributed by atoms with Crippen molar-refractivity contribution >= 4 is 26.0 Å². The summed E-state index contributed by atoms with van der Waals surface area (Å²) < 4.78 is 51.2. The van der Waals surface area contributed by atoms with Crippen molar-refractivity contribution in [2.45, 2.75) is 29.7 Å². The Morgan fingerprint density at radius 1 is 1.09 bits per heavy atom. The lowest BCUT2D eigenvalue weighted by atomic mass is 10.4. The molecule has 0 aliphatic rings. The molecule has 1 N–H and O–H groups in total. The number of aliphatic carboxylic acids is 1. The fourth-order valence-corrected chi connectivity index (χ4v) is 4.48. The van der Waals surface area contributed by atoms with Gasteiger partial charge in [0.15, 0.2) is 0 Å². The van der Waals surface area contributed by atoms with Crippen molar-refractivity contribution in [2.75, 3.05) is 20.6 Å². The van der Waals surface area contributed by atoms with Gasteiger partial charge < -0.3 is 5.11 Å². The Bertz CT molecular complexity index is 784. The lowest BCUT2D eigenvalue weighted by Gasteiger charge is -2.24. The molecular weight excluding hydrogens is 344 g/mol. The topological polar surface area (TPSA) is 112 Å². The summed E-state index contributed by atoms with van der Waals surface area (Å²) in [5, 5.41) is 8.89. The maximum Gasteiger partial charge on any atom is 0.318 e. The minimum atomic E-state index is -4.13. The first kappa shape index (κ1) is 19.6. The van der Waals surface area contributed by atoms with E-state index in [0.717, 1.165) is 14.7 Å². The van der Waals surface area contributed by atoms with E-state index in [2.05, 4.69) is 0 Å². The summed E-state index contributed by atoms with van der Waals surface area (Å²) in [7, 11) is -5.26. The highest BCUT2D eigenvalue weighted by molar-refractivity contribution is 7.90. The van der Waals surface area contributed by atoms with E-state index in [0.29, 0.717) is 0 Å². The number of carbonyl (C=O) groups is 1. The van der Waals surface area contributed by atoms with Gasteiger partial charge in [0.25, 0.3) is 0 Å². The lowest BCUT2D eigenvalue weighted by molar-refractivity contribution is -0.137. The zero-order valence-electron chi connectivity index (χ0n) is 13.3. The normalized spacial score (nSPS) is 13.0. The van der Waals surface area contributed by atoms with E-state index in [1.165, 1.54) is 32.3 Å². The zero-order valence-corrected chi connectivity index (χ0v) is 14.9. The van der Waals surface area contributed by atoms with E-state index in [-0.39, 0.29) is 9.79 Å². The number of rotatable bonds is 7. The van der Waals surface area contributed by atoms with Crippen molar-refractivity contribution in [3.63, 3.8) is 0 Å². The molecular formula is C13H20N2O6S2. The lowest BCUT2D eigenvalue weighted by Crippen LogP contribution is -2.40. The van der Waals surface area contributed by atoms with Gasteiger partial charge >= 0.3 is 5.97 Å². The second kappa shape index (κ2) is 6.95. The molecule has 0 aliphatic heterocycles. The Morgan fingerprint density at radius 2 is 1.57 bits per heavy atom. The van der Waals surface area contributed by atoms with Crippen LogP contribution in [0.3, 0.4) is 0 Å². The molecule has 0 unspecified atom stereocenters. The third kappa shape index (κ3) is 4.28. The maximum absolute atomic E-state index is 12.6. The molecule has 0 aliphatic carbocycles. The van der Waals surface area contributed by atoms with Crippen molar-refractivity contribution in [3.05, 3.63) is 24.3 Å². The van der Waals surface area contributed by atoms with E-state index in [4.69, 9.17) is 5.11 Å². The Morgan fingerprint density at radius 3 is 1.96 bits per heavy atom. The van der Waals surface area contributed by atoms with Crippen LogP contribution in [0.4, 0.5) is 0 Å². The van der Waals surface area contributed by atoms with Gasteiger partial charge in [-0.25, -0.2) is 21.1 Å². The standard InChI is InChI=1S/C13H20N2O6S2/c1-10(2)15(9-13(16)17)23(20,21)12-7-5-6-11(8-12)22(18,19)14(3)4/h5-8,10H,9H2,1-4H3,(H,16,17). The van der Waals surface area contributed by atoms with Crippen LogP contribution in [0.25, 0.3) is 0 Å². The molecule has 0 aromatic heterocycles. The highest BCUT2D eigenvalue weighted by Gasteiger charge is 2.30. The summed E-state index contributed by atoms with van der Waals surface area (Å²) in [6.07, 6.45) is 0. The van der Waals surface area contributed by atoms with E-state index < -0.39 is 38.6 Å². The molecule has 1 aromatic carbocycles. The molecule has 23 heavy (non-hydrogen) atoms. The summed E-state index contributed by atoms with van der Waals surface area (Å²) in [5.74, 6) is -1.29. The van der Waals surface area contributed by atoms with Gasteiger partial charge in [0.1, 0.15) is 6.54 Å². The first-order valence-corrected chi connectivity index (χ1v) is 9.55. The first-order chi connectivity index (χ1) is 10.4. The predicted molar refractivity (Wildman–Crippen MR) is 84.0 cm³/mol. The van der Waals surface area contributed by atoms with Gasteiger partial charge in [-0.1, -0.05) is 6.07 Å². The summed E-state index contributed by atoms with van der Waals surface area (Å²) in [4.78, 5) is 10.5. The van der Waals surface area contributed by atoms with Gasteiger partial charge in [-0.15, -0.1) is 0 Å². The van der Waals surface area contributed by atoms with Crippen molar-refractivity contribution < 1.29 is 26.7 Å². The Balaban J connectivity index is 3.43. The number of hydrogen-bond acceptors (Lipinski definition) is 5.